The van der Waals surface area contributed by atoms with Crippen molar-refractivity contribution in [3.8, 4) is 0 Å². The van der Waals surface area contributed by atoms with Crippen LogP contribution in [0.5, 0.6) is 0 Å². The lowest BCUT2D eigenvalue weighted by molar-refractivity contribution is -0.174. The third kappa shape index (κ3) is 5.60. The van der Waals surface area contributed by atoms with Crippen LogP contribution in [0.1, 0.15) is 56.1 Å². The van der Waals surface area contributed by atoms with E-state index in [0.29, 0.717) is 18.1 Å². The summed E-state index contributed by atoms with van der Waals surface area (Å²) in [5.74, 6) is -0.114. The summed E-state index contributed by atoms with van der Waals surface area (Å²) < 4.78 is 5.80. The van der Waals surface area contributed by atoms with E-state index < -0.39 is 11.6 Å². The van der Waals surface area contributed by atoms with Gasteiger partial charge in [0.2, 0.25) is 0 Å². The highest BCUT2D eigenvalue weighted by Crippen LogP contribution is 2.41. The maximum absolute atomic E-state index is 13.3. The summed E-state index contributed by atoms with van der Waals surface area (Å²) in [7, 11) is 0. The van der Waals surface area contributed by atoms with E-state index >= 15 is 0 Å². The first-order valence-corrected chi connectivity index (χ1v) is 12.4. The van der Waals surface area contributed by atoms with Crippen LogP contribution in [-0.4, -0.2) is 42.2 Å². The molecule has 0 amide bonds. The van der Waals surface area contributed by atoms with Crippen LogP contribution >= 0.6 is 0 Å². The van der Waals surface area contributed by atoms with Gasteiger partial charge in [-0.3, -0.25) is 0 Å². The summed E-state index contributed by atoms with van der Waals surface area (Å²) in [6.45, 7) is 3.73. The first kappa shape index (κ1) is 23.0. The van der Waals surface area contributed by atoms with Crippen molar-refractivity contribution in [3.05, 3.63) is 71.8 Å². The normalized spacial score (nSPS) is 20.2. The van der Waals surface area contributed by atoms with E-state index in [-0.39, 0.29) is 5.92 Å². The zero-order chi connectivity index (χ0) is 22.2. The van der Waals surface area contributed by atoms with E-state index in [9.17, 15) is 9.90 Å². The van der Waals surface area contributed by atoms with Gasteiger partial charge in [-0.05, 0) is 68.7 Å². The molecular formula is C28H37NO3. The lowest BCUT2D eigenvalue weighted by Gasteiger charge is -2.32. The van der Waals surface area contributed by atoms with Crippen LogP contribution in [-0.2, 0) is 21.6 Å². The van der Waals surface area contributed by atoms with Gasteiger partial charge in [-0.15, -0.1) is 0 Å². The Morgan fingerprint density at radius 2 is 1.59 bits per heavy atom. The molecule has 0 aromatic heterocycles. The Hall–Kier alpha value is -2.17. The Morgan fingerprint density at radius 1 is 0.969 bits per heavy atom. The second-order valence-electron chi connectivity index (χ2n) is 9.60. The molecule has 172 valence electrons. The smallest absolute Gasteiger partial charge is 0.343 e. The van der Waals surface area contributed by atoms with Crippen LogP contribution < -0.4 is 0 Å². The Morgan fingerprint density at radius 3 is 2.25 bits per heavy atom. The molecule has 1 heterocycles. The molecule has 2 aromatic rings. The van der Waals surface area contributed by atoms with Crippen molar-refractivity contribution in [2.75, 3.05) is 26.2 Å². The quantitative estimate of drug-likeness (QED) is 0.537. The minimum atomic E-state index is -1.54. The van der Waals surface area contributed by atoms with Gasteiger partial charge in [0.15, 0.2) is 5.60 Å². The third-order valence-electron chi connectivity index (χ3n) is 7.31. The minimum absolute atomic E-state index is 0.0675. The van der Waals surface area contributed by atoms with E-state index in [1.807, 2.05) is 36.4 Å². The molecular weight excluding hydrogens is 398 g/mol. The number of likely N-dealkylation sites (tertiary alicyclic amines) is 1. The molecule has 2 aliphatic rings. The van der Waals surface area contributed by atoms with Crippen LogP contribution in [0.2, 0.25) is 0 Å². The Bertz CT molecular complexity index is 828. The van der Waals surface area contributed by atoms with Gasteiger partial charge in [0.25, 0.3) is 0 Å². The van der Waals surface area contributed by atoms with E-state index in [1.54, 1.807) is 0 Å². The van der Waals surface area contributed by atoms with Crippen molar-refractivity contribution in [3.63, 3.8) is 0 Å². The van der Waals surface area contributed by atoms with Crippen molar-refractivity contribution < 1.29 is 14.6 Å². The van der Waals surface area contributed by atoms with Crippen LogP contribution in [0.15, 0.2) is 60.7 Å². The SMILES string of the molecule is O=C(OCC[C@@H](Cc1ccccc1)CN1CCCC1)C(O)(c1ccccc1)C1CCCC1. The molecule has 1 aliphatic carbocycles. The molecule has 1 N–H and O–H groups in total. The van der Waals surface area contributed by atoms with E-state index in [1.165, 1.54) is 31.5 Å². The van der Waals surface area contributed by atoms with Crippen molar-refractivity contribution >= 4 is 5.97 Å². The highest BCUT2D eigenvalue weighted by molar-refractivity contribution is 5.81. The van der Waals surface area contributed by atoms with Crippen LogP contribution in [0.3, 0.4) is 0 Å². The number of carbonyl (C=O) groups excluding carboxylic acids is 1. The average Bonchev–Trinajstić information content (AvgIpc) is 3.54. The lowest BCUT2D eigenvalue weighted by atomic mass is 9.80. The van der Waals surface area contributed by atoms with Gasteiger partial charge >= 0.3 is 5.97 Å². The van der Waals surface area contributed by atoms with Crippen LogP contribution in [0, 0.1) is 11.8 Å². The van der Waals surface area contributed by atoms with Gasteiger partial charge < -0.3 is 14.7 Å². The highest BCUT2D eigenvalue weighted by atomic mass is 16.5. The summed E-state index contributed by atoms with van der Waals surface area (Å²) in [5.41, 5.74) is 0.450. The molecule has 4 heteroatoms. The fourth-order valence-electron chi connectivity index (χ4n) is 5.52. The summed E-state index contributed by atoms with van der Waals surface area (Å²) >= 11 is 0. The topological polar surface area (TPSA) is 49.8 Å². The number of hydrogen-bond donors (Lipinski definition) is 1. The standard InChI is InChI=1S/C28H37NO3/c30-27(28(31,26-15-7-8-16-26)25-13-5-2-6-14-25)32-20-17-24(22-29-18-9-10-19-29)21-23-11-3-1-4-12-23/h1-6,11-14,24,26,31H,7-10,15-22H2/t24-,28?/m0/s1. The number of carbonyl (C=O) groups is 1. The predicted molar refractivity (Wildman–Crippen MR) is 127 cm³/mol. The number of esters is 1. The first-order chi connectivity index (χ1) is 15.7. The summed E-state index contributed by atoms with van der Waals surface area (Å²) in [5, 5.41) is 11.6. The van der Waals surface area contributed by atoms with Gasteiger partial charge in [-0.1, -0.05) is 73.5 Å². The molecule has 1 saturated heterocycles. The highest BCUT2D eigenvalue weighted by Gasteiger charge is 2.47. The summed E-state index contributed by atoms with van der Waals surface area (Å²) in [6.07, 6.45) is 8.20. The Labute approximate surface area is 192 Å². The molecule has 0 bridgehead atoms. The third-order valence-corrected chi connectivity index (χ3v) is 7.31. The molecule has 0 spiro atoms. The number of rotatable bonds is 10. The second-order valence-corrected chi connectivity index (χ2v) is 9.60. The second kappa shape index (κ2) is 11.1. The Balaban J connectivity index is 1.40. The van der Waals surface area contributed by atoms with Gasteiger partial charge in [-0.2, -0.15) is 0 Å². The van der Waals surface area contributed by atoms with E-state index in [2.05, 4.69) is 29.2 Å². The fourth-order valence-corrected chi connectivity index (χ4v) is 5.52. The van der Waals surface area contributed by atoms with Crippen LogP contribution in [0.25, 0.3) is 0 Å². The van der Waals surface area contributed by atoms with Crippen molar-refractivity contribution in [2.24, 2.45) is 11.8 Å². The van der Waals surface area contributed by atoms with E-state index in [0.717, 1.165) is 45.1 Å². The zero-order valence-corrected chi connectivity index (χ0v) is 19.1. The molecule has 2 aromatic carbocycles. The van der Waals surface area contributed by atoms with Crippen molar-refractivity contribution in [2.45, 2.75) is 57.0 Å². The molecule has 1 saturated carbocycles. The van der Waals surface area contributed by atoms with Crippen LogP contribution in [0.4, 0.5) is 0 Å². The zero-order valence-electron chi connectivity index (χ0n) is 19.1. The predicted octanol–water partition coefficient (Wildman–Crippen LogP) is 4.95. The molecule has 0 radical (unpaired) electrons. The van der Waals surface area contributed by atoms with Crippen molar-refractivity contribution in [1.29, 1.82) is 0 Å². The number of ether oxygens (including phenoxy) is 1. The van der Waals surface area contributed by atoms with Gasteiger partial charge in [0, 0.05) is 12.5 Å². The number of hydrogen-bond acceptors (Lipinski definition) is 4. The molecule has 2 atom stereocenters. The lowest BCUT2D eigenvalue weighted by Crippen LogP contribution is -2.43. The molecule has 1 unspecified atom stereocenters. The largest absolute Gasteiger partial charge is 0.463 e. The number of benzene rings is 2. The summed E-state index contributed by atoms with van der Waals surface area (Å²) in [4.78, 5) is 15.8. The maximum Gasteiger partial charge on any atom is 0.343 e. The van der Waals surface area contributed by atoms with E-state index in [4.69, 9.17) is 4.74 Å². The van der Waals surface area contributed by atoms with Gasteiger partial charge in [0.05, 0.1) is 6.61 Å². The Kier molecular flexibility index (Phi) is 7.99. The fraction of sp³-hybridized carbons (Fsp3) is 0.536. The number of aliphatic hydroxyl groups is 1. The molecule has 4 nitrogen and oxygen atoms in total. The molecule has 1 aliphatic heterocycles. The maximum atomic E-state index is 13.3. The van der Waals surface area contributed by atoms with Gasteiger partial charge in [-0.25, -0.2) is 4.79 Å². The van der Waals surface area contributed by atoms with Gasteiger partial charge in [0.1, 0.15) is 0 Å². The van der Waals surface area contributed by atoms with Crippen molar-refractivity contribution in [1.82, 2.24) is 4.90 Å². The summed E-state index contributed by atoms with van der Waals surface area (Å²) in [6, 6.07) is 20.0. The molecule has 32 heavy (non-hydrogen) atoms. The first-order valence-electron chi connectivity index (χ1n) is 12.4. The average molecular weight is 436 g/mol. The number of nitrogens with zero attached hydrogens (tertiary/aromatic N) is 1. The monoisotopic (exact) mass is 435 g/mol. The molecule has 2 fully saturated rings. The minimum Gasteiger partial charge on any atom is -0.463 e. The molecule has 4 rings (SSSR count).